The van der Waals surface area contributed by atoms with Gasteiger partial charge in [-0.25, -0.2) is 9.97 Å². The van der Waals surface area contributed by atoms with Crippen LogP contribution in [0, 0.1) is 0 Å². The second-order valence-electron chi connectivity index (χ2n) is 4.72. The van der Waals surface area contributed by atoms with Crippen LogP contribution in [0.25, 0.3) is 10.6 Å². The van der Waals surface area contributed by atoms with Crippen LogP contribution in [0.5, 0.6) is 0 Å². The molecule has 100 valence electrons. The van der Waals surface area contributed by atoms with Gasteiger partial charge in [0.15, 0.2) is 0 Å². The highest BCUT2D eigenvalue weighted by atomic mass is 79.9. The molecule has 0 aliphatic carbocycles. The van der Waals surface area contributed by atoms with Crippen molar-refractivity contribution in [1.29, 1.82) is 0 Å². The molecule has 2 N–H and O–H groups in total. The largest absolute Gasteiger partial charge is 0.339 e. The average molecular weight is 339 g/mol. The normalized spacial score (nSPS) is 19.7. The Bertz CT molecular complexity index is 571. The number of piperidine rings is 1. The molecule has 1 aliphatic heterocycles. The lowest BCUT2D eigenvalue weighted by Crippen LogP contribution is -2.43. The Labute approximate surface area is 124 Å². The van der Waals surface area contributed by atoms with Crippen molar-refractivity contribution in [2.75, 3.05) is 18.0 Å². The molecule has 4 nitrogen and oxygen atoms in total. The quantitative estimate of drug-likeness (QED) is 0.914. The molecule has 1 aliphatic rings. The van der Waals surface area contributed by atoms with Crippen LogP contribution in [0.2, 0.25) is 0 Å². The number of nitrogens with zero attached hydrogens (tertiary/aromatic N) is 3. The summed E-state index contributed by atoms with van der Waals surface area (Å²) >= 11 is 5.15. The summed E-state index contributed by atoms with van der Waals surface area (Å²) in [6.45, 7) is 1.84. The zero-order valence-corrected chi connectivity index (χ0v) is 12.8. The highest BCUT2D eigenvalue weighted by Gasteiger charge is 2.19. The molecular weight excluding hydrogens is 324 g/mol. The fourth-order valence-corrected chi connectivity index (χ4v) is 3.67. The van der Waals surface area contributed by atoms with E-state index in [-0.39, 0.29) is 6.04 Å². The summed E-state index contributed by atoms with van der Waals surface area (Å²) < 4.78 is 1.09. The summed E-state index contributed by atoms with van der Waals surface area (Å²) in [6.07, 6.45) is 4.03. The Hall–Kier alpha value is -0.980. The predicted octanol–water partition coefficient (Wildman–Crippen LogP) is 2.90. The van der Waals surface area contributed by atoms with Gasteiger partial charge in [-0.15, -0.1) is 11.3 Å². The SMILES string of the molecule is NC1CCCN(c2nccc(-c3cc(Br)cs3)n2)C1. The molecule has 19 heavy (non-hydrogen) atoms. The predicted molar refractivity (Wildman–Crippen MR) is 82.5 cm³/mol. The van der Waals surface area contributed by atoms with Gasteiger partial charge >= 0.3 is 0 Å². The van der Waals surface area contributed by atoms with Crippen molar-refractivity contribution in [3.63, 3.8) is 0 Å². The van der Waals surface area contributed by atoms with Gasteiger partial charge in [-0.1, -0.05) is 0 Å². The fourth-order valence-electron chi connectivity index (χ4n) is 2.28. The molecule has 0 aromatic carbocycles. The first-order valence-electron chi connectivity index (χ1n) is 6.30. The van der Waals surface area contributed by atoms with Gasteiger partial charge in [0.05, 0.1) is 10.6 Å². The van der Waals surface area contributed by atoms with Crippen molar-refractivity contribution in [3.05, 3.63) is 28.2 Å². The van der Waals surface area contributed by atoms with Crippen LogP contribution in [0.1, 0.15) is 12.8 Å². The van der Waals surface area contributed by atoms with E-state index in [1.807, 2.05) is 12.3 Å². The van der Waals surface area contributed by atoms with Gasteiger partial charge in [0.2, 0.25) is 5.95 Å². The first-order chi connectivity index (χ1) is 9.22. The van der Waals surface area contributed by atoms with Gasteiger partial charge in [-0.3, -0.25) is 0 Å². The van der Waals surface area contributed by atoms with Crippen LogP contribution in [-0.4, -0.2) is 29.1 Å². The van der Waals surface area contributed by atoms with Crippen molar-refractivity contribution >= 4 is 33.2 Å². The second kappa shape index (κ2) is 5.56. The minimum absolute atomic E-state index is 0.233. The lowest BCUT2D eigenvalue weighted by atomic mass is 10.1. The van der Waals surface area contributed by atoms with E-state index in [1.54, 1.807) is 11.3 Å². The third-order valence-corrected chi connectivity index (χ3v) is 4.92. The van der Waals surface area contributed by atoms with Gasteiger partial charge in [-0.2, -0.15) is 0 Å². The van der Waals surface area contributed by atoms with E-state index in [2.05, 4.69) is 42.2 Å². The van der Waals surface area contributed by atoms with Crippen LogP contribution >= 0.6 is 27.3 Å². The number of rotatable bonds is 2. The summed E-state index contributed by atoms with van der Waals surface area (Å²) in [5.41, 5.74) is 6.99. The highest BCUT2D eigenvalue weighted by molar-refractivity contribution is 9.10. The molecular formula is C13H15BrN4S. The number of thiophene rings is 1. The van der Waals surface area contributed by atoms with Crippen LogP contribution in [0.4, 0.5) is 5.95 Å². The molecule has 6 heteroatoms. The van der Waals surface area contributed by atoms with E-state index >= 15 is 0 Å². The topological polar surface area (TPSA) is 55.0 Å². The molecule has 0 bridgehead atoms. The summed E-state index contributed by atoms with van der Waals surface area (Å²) in [5, 5.41) is 2.06. The Balaban J connectivity index is 1.87. The molecule has 2 aromatic rings. The first-order valence-corrected chi connectivity index (χ1v) is 7.97. The fraction of sp³-hybridized carbons (Fsp3) is 0.385. The molecule has 1 saturated heterocycles. The number of hydrogen-bond donors (Lipinski definition) is 1. The van der Waals surface area contributed by atoms with Crippen molar-refractivity contribution in [2.45, 2.75) is 18.9 Å². The Morgan fingerprint density at radius 3 is 3.11 bits per heavy atom. The molecule has 3 heterocycles. The van der Waals surface area contributed by atoms with E-state index < -0.39 is 0 Å². The van der Waals surface area contributed by atoms with Gasteiger partial charge in [0.25, 0.3) is 0 Å². The average Bonchev–Trinajstić information content (AvgIpc) is 2.86. The smallest absolute Gasteiger partial charge is 0.225 e. The lowest BCUT2D eigenvalue weighted by Gasteiger charge is -2.30. The molecule has 0 saturated carbocycles. The number of aromatic nitrogens is 2. The van der Waals surface area contributed by atoms with Crippen LogP contribution in [0.15, 0.2) is 28.2 Å². The van der Waals surface area contributed by atoms with Crippen molar-refractivity contribution in [2.24, 2.45) is 5.73 Å². The summed E-state index contributed by atoms with van der Waals surface area (Å²) in [5.74, 6) is 0.789. The monoisotopic (exact) mass is 338 g/mol. The zero-order valence-electron chi connectivity index (χ0n) is 10.4. The molecule has 1 fully saturated rings. The van der Waals surface area contributed by atoms with Crippen LogP contribution in [0.3, 0.4) is 0 Å². The molecule has 0 radical (unpaired) electrons. The molecule has 0 spiro atoms. The van der Waals surface area contributed by atoms with Crippen molar-refractivity contribution in [3.8, 4) is 10.6 Å². The number of hydrogen-bond acceptors (Lipinski definition) is 5. The second-order valence-corrected chi connectivity index (χ2v) is 6.55. The van der Waals surface area contributed by atoms with Gasteiger partial charge in [0, 0.05) is 35.2 Å². The standard InChI is InChI=1S/C13H15BrN4S/c14-9-6-12(19-8-9)11-3-4-16-13(17-11)18-5-1-2-10(15)7-18/h3-4,6,8,10H,1-2,5,7,15H2. The van der Waals surface area contributed by atoms with Gasteiger partial charge in [-0.05, 0) is 40.9 Å². The van der Waals surface area contributed by atoms with E-state index in [0.717, 1.165) is 46.9 Å². The minimum Gasteiger partial charge on any atom is -0.339 e. The highest BCUT2D eigenvalue weighted by Crippen LogP contribution is 2.29. The summed E-state index contributed by atoms with van der Waals surface area (Å²) in [4.78, 5) is 12.4. The number of halogens is 1. The molecule has 2 aromatic heterocycles. The first kappa shape index (κ1) is 13.0. The maximum Gasteiger partial charge on any atom is 0.225 e. The summed E-state index contributed by atoms with van der Waals surface area (Å²) in [7, 11) is 0. The van der Waals surface area contributed by atoms with Gasteiger partial charge < -0.3 is 10.6 Å². The van der Waals surface area contributed by atoms with E-state index in [0.29, 0.717) is 0 Å². The van der Waals surface area contributed by atoms with Crippen molar-refractivity contribution < 1.29 is 0 Å². The maximum atomic E-state index is 6.01. The Kier molecular flexibility index (Phi) is 3.81. The number of anilines is 1. The number of nitrogens with two attached hydrogens (primary N) is 1. The van der Waals surface area contributed by atoms with Gasteiger partial charge in [0.1, 0.15) is 0 Å². The molecule has 0 amide bonds. The third kappa shape index (κ3) is 2.96. The maximum absolute atomic E-state index is 6.01. The van der Waals surface area contributed by atoms with E-state index in [4.69, 9.17) is 5.73 Å². The van der Waals surface area contributed by atoms with Crippen LogP contribution < -0.4 is 10.6 Å². The van der Waals surface area contributed by atoms with Crippen molar-refractivity contribution in [1.82, 2.24) is 9.97 Å². The van der Waals surface area contributed by atoms with Crippen LogP contribution in [-0.2, 0) is 0 Å². The van der Waals surface area contributed by atoms with E-state index in [1.165, 1.54) is 0 Å². The Morgan fingerprint density at radius 1 is 1.47 bits per heavy atom. The lowest BCUT2D eigenvalue weighted by molar-refractivity contribution is 0.500. The zero-order chi connectivity index (χ0) is 13.2. The molecule has 3 rings (SSSR count). The third-order valence-electron chi connectivity index (χ3n) is 3.20. The molecule has 1 atom stereocenters. The minimum atomic E-state index is 0.233. The molecule has 1 unspecified atom stereocenters. The Morgan fingerprint density at radius 2 is 2.37 bits per heavy atom. The van der Waals surface area contributed by atoms with E-state index in [9.17, 15) is 0 Å². The summed E-state index contributed by atoms with van der Waals surface area (Å²) in [6, 6.07) is 4.27.